The van der Waals surface area contributed by atoms with Gasteiger partial charge in [0.05, 0.1) is 11.9 Å². The molecular formula is C15H19NO2S. The van der Waals surface area contributed by atoms with Gasteiger partial charge in [0, 0.05) is 13.2 Å². The van der Waals surface area contributed by atoms with Crippen LogP contribution in [0.5, 0.6) is 0 Å². The van der Waals surface area contributed by atoms with Gasteiger partial charge in [0.1, 0.15) is 5.37 Å². The standard InChI is InChI=1S/C15H19NO2S/c1-11-4-6-12(7-5-11)15-16(14(17)10-19-15)9-13-3-2-8-18-13/h4-7,13,15H,2-3,8-10H2,1H3. The number of ether oxygens (including phenoxy) is 1. The van der Waals surface area contributed by atoms with Crippen LogP contribution in [0.4, 0.5) is 0 Å². The molecule has 2 heterocycles. The summed E-state index contributed by atoms with van der Waals surface area (Å²) in [6.45, 7) is 3.67. The van der Waals surface area contributed by atoms with Crippen LogP contribution < -0.4 is 0 Å². The van der Waals surface area contributed by atoms with Crippen LogP contribution in [0.3, 0.4) is 0 Å². The van der Waals surface area contributed by atoms with Crippen LogP contribution >= 0.6 is 11.8 Å². The Kier molecular flexibility index (Phi) is 3.80. The van der Waals surface area contributed by atoms with Crippen molar-refractivity contribution in [3.05, 3.63) is 35.4 Å². The van der Waals surface area contributed by atoms with Crippen LogP contribution in [0, 0.1) is 6.92 Å². The minimum atomic E-state index is 0.164. The summed E-state index contributed by atoms with van der Waals surface area (Å²) in [5.41, 5.74) is 2.48. The van der Waals surface area contributed by atoms with E-state index in [-0.39, 0.29) is 17.4 Å². The highest BCUT2D eigenvalue weighted by Gasteiger charge is 2.35. The number of carbonyl (C=O) groups is 1. The second kappa shape index (κ2) is 5.55. The van der Waals surface area contributed by atoms with Gasteiger partial charge in [-0.05, 0) is 25.3 Å². The number of rotatable bonds is 3. The zero-order valence-electron chi connectivity index (χ0n) is 11.2. The summed E-state index contributed by atoms with van der Waals surface area (Å²) in [6.07, 6.45) is 2.43. The number of aryl methyl sites for hydroxylation is 1. The maximum atomic E-state index is 12.1. The molecule has 0 aromatic heterocycles. The molecule has 0 saturated carbocycles. The van der Waals surface area contributed by atoms with E-state index in [0.29, 0.717) is 5.75 Å². The molecule has 2 aliphatic heterocycles. The number of hydrogen-bond acceptors (Lipinski definition) is 3. The first kappa shape index (κ1) is 13.0. The first-order valence-corrected chi connectivity index (χ1v) is 7.88. The summed E-state index contributed by atoms with van der Waals surface area (Å²) in [4.78, 5) is 14.1. The highest BCUT2D eigenvalue weighted by atomic mass is 32.2. The molecule has 2 saturated heterocycles. The number of nitrogens with zero attached hydrogens (tertiary/aromatic N) is 1. The third-order valence-electron chi connectivity index (χ3n) is 3.75. The first-order valence-electron chi connectivity index (χ1n) is 6.83. The van der Waals surface area contributed by atoms with Crippen molar-refractivity contribution >= 4 is 17.7 Å². The van der Waals surface area contributed by atoms with Crippen molar-refractivity contribution < 1.29 is 9.53 Å². The van der Waals surface area contributed by atoms with Gasteiger partial charge in [-0.25, -0.2) is 0 Å². The molecule has 2 atom stereocenters. The Hall–Kier alpha value is -1.00. The van der Waals surface area contributed by atoms with E-state index < -0.39 is 0 Å². The minimum Gasteiger partial charge on any atom is -0.376 e. The molecule has 102 valence electrons. The van der Waals surface area contributed by atoms with E-state index in [0.717, 1.165) is 26.0 Å². The Morgan fingerprint density at radius 2 is 2.16 bits per heavy atom. The third kappa shape index (κ3) is 2.79. The first-order chi connectivity index (χ1) is 9.24. The van der Waals surface area contributed by atoms with Crippen molar-refractivity contribution in [1.82, 2.24) is 4.90 Å². The van der Waals surface area contributed by atoms with Gasteiger partial charge in [-0.2, -0.15) is 0 Å². The Balaban J connectivity index is 1.75. The van der Waals surface area contributed by atoms with Gasteiger partial charge >= 0.3 is 0 Å². The van der Waals surface area contributed by atoms with Gasteiger partial charge in [0.2, 0.25) is 5.91 Å². The molecule has 1 aromatic rings. The predicted molar refractivity (Wildman–Crippen MR) is 77.1 cm³/mol. The molecule has 2 aliphatic rings. The number of benzene rings is 1. The number of amides is 1. The average molecular weight is 277 g/mol. The van der Waals surface area contributed by atoms with Crippen LogP contribution in [-0.2, 0) is 9.53 Å². The molecule has 0 aliphatic carbocycles. The lowest BCUT2D eigenvalue weighted by Crippen LogP contribution is -2.35. The lowest BCUT2D eigenvalue weighted by atomic mass is 10.1. The fourth-order valence-corrected chi connectivity index (χ4v) is 3.87. The second-order valence-corrected chi connectivity index (χ2v) is 6.32. The molecule has 3 nitrogen and oxygen atoms in total. The Labute approximate surface area is 118 Å². The van der Waals surface area contributed by atoms with E-state index in [1.165, 1.54) is 11.1 Å². The Morgan fingerprint density at radius 3 is 2.84 bits per heavy atom. The number of carbonyl (C=O) groups excluding carboxylic acids is 1. The SMILES string of the molecule is Cc1ccc(C2SCC(=O)N2CC2CCCO2)cc1. The largest absolute Gasteiger partial charge is 0.376 e. The van der Waals surface area contributed by atoms with Crippen LogP contribution in [0.25, 0.3) is 0 Å². The monoisotopic (exact) mass is 277 g/mol. The summed E-state index contributed by atoms with van der Waals surface area (Å²) in [5.74, 6) is 0.830. The summed E-state index contributed by atoms with van der Waals surface area (Å²) in [7, 11) is 0. The van der Waals surface area contributed by atoms with Crippen molar-refractivity contribution in [2.24, 2.45) is 0 Å². The highest BCUT2D eigenvalue weighted by molar-refractivity contribution is 8.00. The quantitative estimate of drug-likeness (QED) is 0.851. The summed E-state index contributed by atoms with van der Waals surface area (Å²) in [6, 6.07) is 8.49. The zero-order valence-corrected chi connectivity index (χ0v) is 12.0. The average Bonchev–Trinajstić information content (AvgIpc) is 3.03. The topological polar surface area (TPSA) is 29.5 Å². The van der Waals surface area contributed by atoms with Gasteiger partial charge in [0.25, 0.3) is 0 Å². The van der Waals surface area contributed by atoms with Crippen molar-refractivity contribution in [3.63, 3.8) is 0 Å². The Bertz CT molecular complexity index is 454. The molecule has 0 spiro atoms. The lowest BCUT2D eigenvalue weighted by molar-refractivity contribution is -0.129. The molecule has 1 aromatic carbocycles. The summed E-state index contributed by atoms with van der Waals surface area (Å²) < 4.78 is 5.66. The van der Waals surface area contributed by atoms with Crippen molar-refractivity contribution in [3.8, 4) is 0 Å². The van der Waals surface area contributed by atoms with Crippen LogP contribution in [0.1, 0.15) is 29.3 Å². The van der Waals surface area contributed by atoms with Gasteiger partial charge in [-0.3, -0.25) is 4.79 Å². The lowest BCUT2D eigenvalue weighted by Gasteiger charge is -2.26. The molecule has 0 bridgehead atoms. The molecule has 2 unspecified atom stereocenters. The van der Waals surface area contributed by atoms with Gasteiger partial charge in [-0.15, -0.1) is 11.8 Å². The zero-order chi connectivity index (χ0) is 13.2. The molecule has 3 rings (SSSR count). The normalized spacial score (nSPS) is 27.2. The molecule has 0 radical (unpaired) electrons. The van der Waals surface area contributed by atoms with Crippen LogP contribution in [-0.4, -0.2) is 35.8 Å². The van der Waals surface area contributed by atoms with Gasteiger partial charge in [0.15, 0.2) is 0 Å². The fourth-order valence-electron chi connectivity index (χ4n) is 2.67. The van der Waals surface area contributed by atoms with Crippen molar-refractivity contribution in [2.45, 2.75) is 31.2 Å². The van der Waals surface area contributed by atoms with E-state index in [9.17, 15) is 4.79 Å². The molecule has 0 N–H and O–H groups in total. The van der Waals surface area contributed by atoms with Gasteiger partial charge in [-0.1, -0.05) is 29.8 Å². The van der Waals surface area contributed by atoms with Crippen molar-refractivity contribution in [2.75, 3.05) is 18.9 Å². The third-order valence-corrected chi connectivity index (χ3v) is 5.01. The predicted octanol–water partition coefficient (Wildman–Crippen LogP) is 2.75. The van der Waals surface area contributed by atoms with E-state index >= 15 is 0 Å². The summed E-state index contributed by atoms with van der Waals surface area (Å²) in [5, 5.41) is 0.164. The van der Waals surface area contributed by atoms with Crippen LogP contribution in [0.2, 0.25) is 0 Å². The molecule has 2 fully saturated rings. The maximum Gasteiger partial charge on any atom is 0.233 e. The number of hydrogen-bond donors (Lipinski definition) is 0. The van der Waals surface area contributed by atoms with E-state index in [4.69, 9.17) is 4.74 Å². The molecular weight excluding hydrogens is 258 g/mol. The maximum absolute atomic E-state index is 12.1. The smallest absolute Gasteiger partial charge is 0.233 e. The Morgan fingerprint density at radius 1 is 1.37 bits per heavy atom. The molecule has 1 amide bonds. The number of thioether (sulfide) groups is 1. The summed E-state index contributed by atoms with van der Waals surface area (Å²) >= 11 is 1.72. The molecule has 19 heavy (non-hydrogen) atoms. The second-order valence-electron chi connectivity index (χ2n) is 5.26. The van der Waals surface area contributed by atoms with Crippen molar-refractivity contribution in [1.29, 1.82) is 0 Å². The fraction of sp³-hybridized carbons (Fsp3) is 0.533. The van der Waals surface area contributed by atoms with E-state index in [1.807, 2.05) is 4.90 Å². The van der Waals surface area contributed by atoms with Gasteiger partial charge < -0.3 is 9.64 Å². The molecule has 4 heteroatoms. The van der Waals surface area contributed by atoms with E-state index in [1.54, 1.807) is 11.8 Å². The highest BCUT2D eigenvalue weighted by Crippen LogP contribution is 2.39. The minimum absolute atomic E-state index is 0.164. The van der Waals surface area contributed by atoms with Crippen LogP contribution in [0.15, 0.2) is 24.3 Å². The van der Waals surface area contributed by atoms with E-state index in [2.05, 4.69) is 31.2 Å².